The third-order valence-corrected chi connectivity index (χ3v) is 7.24. The van der Waals surface area contributed by atoms with Crippen molar-refractivity contribution in [3.05, 3.63) is 57.2 Å². The number of aryl methyl sites for hydroxylation is 1. The lowest BCUT2D eigenvalue weighted by Gasteiger charge is -2.25. The molecule has 1 aromatic heterocycles. The number of hydrogen-bond acceptors (Lipinski definition) is 9. The van der Waals surface area contributed by atoms with Crippen LogP contribution in [0, 0.1) is 17.5 Å². The summed E-state index contributed by atoms with van der Waals surface area (Å²) >= 11 is 5.08. The lowest BCUT2D eigenvalue weighted by Crippen LogP contribution is -2.37. The number of ether oxygens (including phenoxy) is 2. The van der Waals surface area contributed by atoms with E-state index in [0.717, 1.165) is 4.57 Å². The molecule has 3 N–H and O–H groups in total. The van der Waals surface area contributed by atoms with Gasteiger partial charge in [0.2, 0.25) is 0 Å². The van der Waals surface area contributed by atoms with Crippen LogP contribution in [0.1, 0.15) is 42.2 Å². The van der Waals surface area contributed by atoms with Crippen LogP contribution in [-0.2, 0) is 23.4 Å². The van der Waals surface area contributed by atoms with Crippen molar-refractivity contribution in [2.24, 2.45) is 5.92 Å². The molecule has 6 atom stereocenters. The van der Waals surface area contributed by atoms with Crippen LogP contribution >= 0.6 is 20.0 Å². The number of aromatic amines is 1. The highest BCUT2D eigenvalue weighted by atomic mass is 32.1. The summed E-state index contributed by atoms with van der Waals surface area (Å²) in [4.78, 5) is 27.4. The molecule has 0 saturated carbocycles. The number of benzene rings is 1. The van der Waals surface area contributed by atoms with Gasteiger partial charge < -0.3 is 19.1 Å². The number of aromatic nitrogens is 2. The van der Waals surface area contributed by atoms with E-state index in [0.29, 0.717) is 5.56 Å². The van der Waals surface area contributed by atoms with Gasteiger partial charge in [0.05, 0.1) is 21.5 Å². The van der Waals surface area contributed by atoms with Crippen molar-refractivity contribution in [2.75, 3.05) is 6.56 Å². The van der Waals surface area contributed by atoms with E-state index in [4.69, 9.17) is 33.5 Å². The number of carbonyl (C=O) groups excluding carboxylic acids is 1. The largest absolute Gasteiger partial charge is 0.462 e. The number of esters is 1. The molecule has 3 rings (SSSR count). The Hall–Kier alpha value is -2.34. The van der Waals surface area contributed by atoms with E-state index >= 15 is 0 Å². The van der Waals surface area contributed by atoms with Crippen LogP contribution in [0.5, 0.6) is 5.75 Å². The first-order chi connectivity index (χ1) is 17.6. The first-order valence-electron chi connectivity index (χ1n) is 12.3. The summed E-state index contributed by atoms with van der Waals surface area (Å²) < 4.78 is 54.1. The molecule has 2 aromatic rings. The Bertz CT molecular complexity index is 1310. The molecule has 0 spiro atoms. The summed E-state index contributed by atoms with van der Waals surface area (Å²) in [5.41, 5.74) is -0.0381. The van der Waals surface area contributed by atoms with E-state index in [9.17, 15) is 19.3 Å². The van der Waals surface area contributed by atoms with Gasteiger partial charge in [-0.25, -0.2) is 9.36 Å². The molecule has 198 valence electrons. The molecule has 1 aromatic carbocycles. The van der Waals surface area contributed by atoms with E-state index in [1.165, 1.54) is 25.3 Å². The minimum Gasteiger partial charge on any atom is -0.462 e. The second kappa shape index (κ2) is 11.8. The predicted octanol–water partition coefficient (Wildman–Crippen LogP) is 3.24. The zero-order valence-electron chi connectivity index (χ0n) is 22.5. The van der Waals surface area contributed by atoms with E-state index in [1.807, 2.05) is 0 Å². The van der Waals surface area contributed by atoms with Crippen LogP contribution in [-0.4, -0.2) is 51.5 Å². The third kappa shape index (κ3) is 6.90. The van der Waals surface area contributed by atoms with Crippen molar-refractivity contribution in [3.63, 3.8) is 0 Å². The normalized spacial score (nSPS) is 25.5. The summed E-state index contributed by atoms with van der Waals surface area (Å²) in [5, 5.41) is 13.3. The molecule has 1 fully saturated rings. The average molecular weight is 544 g/mol. The van der Waals surface area contributed by atoms with E-state index in [2.05, 4.69) is 10.1 Å². The average Bonchev–Trinajstić information content (AvgIpc) is 3.11. The Morgan fingerprint density at radius 2 is 2.03 bits per heavy atom. The molecule has 11 nitrogen and oxygen atoms in total. The fourth-order valence-corrected chi connectivity index (χ4v) is 4.93. The lowest BCUT2D eigenvalue weighted by atomic mass is 10.0. The van der Waals surface area contributed by atoms with Gasteiger partial charge in [-0.3, -0.25) is 18.9 Å². The van der Waals surface area contributed by atoms with Crippen molar-refractivity contribution in [3.8, 4) is 5.75 Å². The van der Waals surface area contributed by atoms with Crippen LogP contribution in [0.3, 0.4) is 0 Å². The van der Waals surface area contributed by atoms with Crippen LogP contribution < -0.4 is 15.3 Å². The Morgan fingerprint density at radius 3 is 2.67 bits per heavy atom. The van der Waals surface area contributed by atoms with Crippen molar-refractivity contribution in [1.82, 2.24) is 14.6 Å². The molecule has 0 bridgehead atoms. The highest BCUT2D eigenvalue weighted by Crippen LogP contribution is 2.46. The topological polar surface area (TPSA) is 141 Å². The van der Waals surface area contributed by atoms with E-state index in [1.54, 1.807) is 45.9 Å². The van der Waals surface area contributed by atoms with Crippen LogP contribution in [0.2, 0.25) is 0 Å². The van der Waals surface area contributed by atoms with Gasteiger partial charge in [0.15, 0.2) is 0 Å². The number of rotatable bonds is 10. The molecule has 2 heterocycles. The summed E-state index contributed by atoms with van der Waals surface area (Å²) in [6, 6.07) is 6.63. The quantitative estimate of drug-likeness (QED) is 0.232. The van der Waals surface area contributed by atoms with Crippen LogP contribution in [0.25, 0.3) is 0 Å². The number of hydrogen-bond donors (Lipinski definition) is 3. The van der Waals surface area contributed by atoms with Gasteiger partial charge >= 0.3 is 19.4 Å². The highest BCUT2D eigenvalue weighted by molar-refractivity contribution is 7.71. The van der Waals surface area contributed by atoms with Crippen LogP contribution in [0.15, 0.2) is 41.3 Å². The summed E-state index contributed by atoms with van der Waals surface area (Å²) in [6.07, 6.45) is -3.26. The monoisotopic (exact) mass is 543 g/mol. The maximum Gasteiger partial charge on any atom is 0.459 e. The van der Waals surface area contributed by atoms with Gasteiger partial charge in [-0.2, -0.15) is 5.09 Å². The molecule has 1 aliphatic rings. The number of para-hydroxylation sites is 1. The fraction of sp³-hybridized carbons (Fsp3) is 0.522. The molecular formula is C23H32N3O8PS. The van der Waals surface area contributed by atoms with Gasteiger partial charge in [0.25, 0.3) is 0 Å². The van der Waals surface area contributed by atoms with E-state index in [-0.39, 0.29) is 10.4 Å². The molecule has 1 aliphatic heterocycles. The van der Waals surface area contributed by atoms with Gasteiger partial charge in [-0.05, 0) is 39.8 Å². The van der Waals surface area contributed by atoms with Gasteiger partial charge in [-0.15, -0.1) is 0 Å². The second-order valence-electron chi connectivity index (χ2n) is 8.72. The molecule has 1 saturated heterocycles. The van der Waals surface area contributed by atoms with Crippen molar-refractivity contribution < 1.29 is 35.7 Å². The number of aliphatic hydroxyl groups is 1. The summed E-state index contributed by atoms with van der Waals surface area (Å²) in [6.45, 7) is 4.97. The Kier molecular flexibility index (Phi) is 8.30. The Labute approximate surface area is 217 Å². The van der Waals surface area contributed by atoms with Gasteiger partial charge in [0.1, 0.15) is 28.8 Å². The molecule has 36 heavy (non-hydrogen) atoms. The maximum atomic E-state index is 13.8. The Balaban J connectivity index is 1.90. The Morgan fingerprint density at radius 1 is 1.36 bits per heavy atom. The summed E-state index contributed by atoms with van der Waals surface area (Å²) in [7, 11) is -4.64. The van der Waals surface area contributed by atoms with Gasteiger partial charge in [0, 0.05) is 17.7 Å². The number of H-pyrrole nitrogens is 1. The number of nitrogens with zero attached hydrogens (tertiary/aromatic N) is 1. The van der Waals surface area contributed by atoms with Crippen molar-refractivity contribution in [2.45, 2.75) is 65.2 Å². The predicted molar refractivity (Wildman–Crippen MR) is 134 cm³/mol. The molecule has 0 aliphatic carbocycles. The third-order valence-electron chi connectivity index (χ3n) is 5.32. The zero-order valence-corrected chi connectivity index (χ0v) is 22.2. The van der Waals surface area contributed by atoms with E-state index < -0.39 is 62.5 Å². The first kappa shape index (κ1) is 25.3. The zero-order chi connectivity index (χ0) is 28.4. The molecule has 1 unspecified atom stereocenters. The smallest absolute Gasteiger partial charge is 0.459 e. The maximum absolute atomic E-state index is 13.8. The van der Waals surface area contributed by atoms with Crippen LogP contribution in [0.4, 0.5) is 0 Å². The molecule has 13 heteroatoms. The lowest BCUT2D eigenvalue weighted by molar-refractivity contribution is -0.149. The number of aliphatic hydroxyl groups excluding tert-OH is 1. The van der Waals surface area contributed by atoms with Gasteiger partial charge in [-0.1, -0.05) is 37.3 Å². The number of carbonyl (C=O) groups is 1. The minimum atomic E-state index is -4.64. The number of nitrogens with one attached hydrogen (secondary N) is 2. The minimum absolute atomic E-state index is 0.0734. The summed E-state index contributed by atoms with van der Waals surface area (Å²) in [5.74, 6) is -1.46. The SMILES string of the molecule is [2H]C([2H])(O[P@@](=O)(N[C@@H](C)C(=O)OC(C)C)Oc1ccccc1)[C@@H]1O[C@H](n2cc(C)c(=S)[nH]c2=O)[C@H](C)C1O. The first-order valence-corrected chi connectivity index (χ1v) is 13.3. The molecular weight excluding hydrogens is 509 g/mol. The molecule has 0 radical (unpaired) electrons. The molecule has 0 amide bonds. The highest BCUT2D eigenvalue weighted by Gasteiger charge is 2.44. The van der Waals surface area contributed by atoms with Crippen molar-refractivity contribution >= 4 is 25.9 Å². The van der Waals surface area contributed by atoms with Crippen molar-refractivity contribution in [1.29, 1.82) is 0 Å². The second-order valence-corrected chi connectivity index (χ2v) is 10.7. The fourth-order valence-electron chi connectivity index (χ4n) is 3.43. The standard InChI is InChI=1S/C23H32N3O8PS/c1-13(2)32-22(28)16(5)25-35(30,34-17-9-7-6-8-10-17)31-12-18-19(27)15(4)21(33-18)26-11-14(3)20(36)24-23(26)29/h6-11,13,15-16,18-19,21,27H,12H2,1-5H3,(H,25,30)(H,24,29,36)/t15-,16+,18+,19?,21+,35+/m1/s1/i12D2.